The van der Waals surface area contributed by atoms with E-state index in [9.17, 15) is 19.3 Å². The maximum Gasteiger partial charge on any atom is 0.342 e. The van der Waals surface area contributed by atoms with Crippen molar-refractivity contribution in [3.63, 3.8) is 0 Å². The highest BCUT2D eigenvalue weighted by molar-refractivity contribution is 5.93. The molecule has 0 aromatic heterocycles. The molecule has 1 rings (SSSR count). The number of carbonyl (C=O) groups is 1. The molecule has 0 heterocycles. The van der Waals surface area contributed by atoms with E-state index in [4.69, 9.17) is 5.11 Å². The van der Waals surface area contributed by atoms with Crippen LogP contribution in [0.1, 0.15) is 16.8 Å². The number of aromatic carboxylic acids is 1. The molecule has 0 unspecified atom stereocenters. The smallest absolute Gasteiger partial charge is 0.342 e. The van der Waals surface area contributed by atoms with Crippen LogP contribution in [0.25, 0.3) is 0 Å². The number of carboxylic acid groups (broad SMARTS) is 1. The Kier molecular flexibility index (Phi) is 4.36. The zero-order valence-electron chi connectivity index (χ0n) is 9.35. The summed E-state index contributed by atoms with van der Waals surface area (Å²) in [5, 5.41) is 22.1. The monoisotopic (exact) mass is 254 g/mol. The minimum Gasteiger partial charge on any atom is -0.477 e. The number of carboxylic acids is 1. The maximum absolute atomic E-state index is 13.5. The van der Waals surface area contributed by atoms with E-state index in [1.807, 2.05) is 0 Å². The summed E-state index contributed by atoms with van der Waals surface area (Å²) in [4.78, 5) is 20.5. The first-order valence-corrected chi connectivity index (χ1v) is 5.03. The zero-order chi connectivity index (χ0) is 13.7. The number of rotatable bonds is 6. The van der Waals surface area contributed by atoms with Crippen LogP contribution in [-0.2, 0) is 0 Å². The molecule has 6 nitrogen and oxygen atoms in total. The number of hydrogen-bond acceptors (Lipinski definition) is 4. The van der Waals surface area contributed by atoms with Crippen molar-refractivity contribution in [1.29, 1.82) is 0 Å². The first-order valence-electron chi connectivity index (χ1n) is 5.03. The predicted molar refractivity (Wildman–Crippen MR) is 63.3 cm³/mol. The van der Waals surface area contributed by atoms with Crippen molar-refractivity contribution in [2.45, 2.75) is 6.42 Å². The van der Waals surface area contributed by atoms with Crippen LogP contribution in [0, 0.1) is 15.9 Å². The van der Waals surface area contributed by atoms with Gasteiger partial charge in [0.1, 0.15) is 5.56 Å². The zero-order valence-corrected chi connectivity index (χ0v) is 9.35. The van der Waals surface area contributed by atoms with Crippen LogP contribution >= 0.6 is 0 Å². The summed E-state index contributed by atoms with van der Waals surface area (Å²) in [6.45, 7) is 3.84. The molecule has 0 radical (unpaired) electrons. The number of halogens is 1. The highest BCUT2D eigenvalue weighted by Gasteiger charge is 2.23. The van der Waals surface area contributed by atoms with Gasteiger partial charge in [0, 0.05) is 6.54 Å². The minimum absolute atomic E-state index is 0.0835. The molecule has 0 bridgehead atoms. The van der Waals surface area contributed by atoms with Crippen LogP contribution in [0.2, 0.25) is 0 Å². The van der Waals surface area contributed by atoms with Gasteiger partial charge in [-0.25, -0.2) is 9.18 Å². The topological polar surface area (TPSA) is 92.5 Å². The van der Waals surface area contributed by atoms with Gasteiger partial charge in [-0.1, -0.05) is 6.08 Å². The molecule has 0 saturated carbocycles. The normalized spacial score (nSPS) is 9.83. The van der Waals surface area contributed by atoms with E-state index in [2.05, 4.69) is 11.9 Å². The van der Waals surface area contributed by atoms with Crippen molar-refractivity contribution < 1.29 is 19.2 Å². The Balaban J connectivity index is 3.14. The molecule has 1 aromatic carbocycles. The van der Waals surface area contributed by atoms with Crippen LogP contribution in [0.15, 0.2) is 24.8 Å². The Morgan fingerprint density at radius 2 is 2.28 bits per heavy atom. The van der Waals surface area contributed by atoms with Gasteiger partial charge >= 0.3 is 5.97 Å². The van der Waals surface area contributed by atoms with Crippen molar-refractivity contribution >= 4 is 17.3 Å². The molecule has 0 amide bonds. The van der Waals surface area contributed by atoms with Gasteiger partial charge in [0.2, 0.25) is 0 Å². The van der Waals surface area contributed by atoms with E-state index >= 15 is 0 Å². The number of nitrogens with one attached hydrogen (secondary N) is 1. The first-order chi connectivity index (χ1) is 8.47. The first kappa shape index (κ1) is 13.6. The van der Waals surface area contributed by atoms with E-state index in [0.717, 1.165) is 6.07 Å². The molecule has 2 N–H and O–H groups in total. The SMILES string of the molecule is C=CCCNc1cc(C(=O)O)c([N+](=O)[O-])cc1F. The van der Waals surface area contributed by atoms with Gasteiger partial charge in [-0.3, -0.25) is 10.1 Å². The number of nitro groups is 1. The molecular formula is C11H11FN2O4. The summed E-state index contributed by atoms with van der Waals surface area (Å²) in [5.74, 6) is -2.34. The van der Waals surface area contributed by atoms with Crippen LogP contribution in [0.3, 0.4) is 0 Å². The lowest BCUT2D eigenvalue weighted by atomic mass is 10.1. The van der Waals surface area contributed by atoms with Gasteiger partial charge in [0.25, 0.3) is 5.69 Å². The number of nitro benzene ring substituents is 1. The Bertz CT molecular complexity index is 502. The Morgan fingerprint density at radius 1 is 1.61 bits per heavy atom. The summed E-state index contributed by atoms with van der Waals surface area (Å²) in [6, 6.07) is 1.51. The second-order valence-corrected chi connectivity index (χ2v) is 3.42. The Labute approximate surface area is 102 Å². The van der Waals surface area contributed by atoms with Crippen molar-refractivity contribution in [1.82, 2.24) is 0 Å². The van der Waals surface area contributed by atoms with E-state index < -0.39 is 28.0 Å². The molecule has 0 atom stereocenters. The highest BCUT2D eigenvalue weighted by Crippen LogP contribution is 2.26. The molecule has 0 fully saturated rings. The van der Waals surface area contributed by atoms with Crippen molar-refractivity contribution in [2.75, 3.05) is 11.9 Å². The summed E-state index contributed by atoms with van der Waals surface area (Å²) >= 11 is 0. The van der Waals surface area contributed by atoms with Gasteiger partial charge in [0.05, 0.1) is 16.7 Å². The van der Waals surface area contributed by atoms with Crippen molar-refractivity contribution in [2.24, 2.45) is 0 Å². The highest BCUT2D eigenvalue weighted by atomic mass is 19.1. The molecule has 1 aromatic rings. The minimum atomic E-state index is -1.48. The summed E-state index contributed by atoms with van der Waals surface area (Å²) in [7, 11) is 0. The molecule has 0 saturated heterocycles. The predicted octanol–water partition coefficient (Wildman–Crippen LogP) is 2.42. The Hall–Kier alpha value is -2.44. The lowest BCUT2D eigenvalue weighted by Gasteiger charge is -2.07. The lowest BCUT2D eigenvalue weighted by Crippen LogP contribution is -2.08. The molecule has 18 heavy (non-hydrogen) atoms. The quantitative estimate of drug-likeness (QED) is 0.352. The van der Waals surface area contributed by atoms with Gasteiger partial charge < -0.3 is 10.4 Å². The molecule has 0 aliphatic rings. The fourth-order valence-corrected chi connectivity index (χ4v) is 1.33. The van der Waals surface area contributed by atoms with Gasteiger partial charge in [-0.2, -0.15) is 0 Å². The third-order valence-corrected chi connectivity index (χ3v) is 2.18. The molecule has 0 aliphatic heterocycles. The summed E-state index contributed by atoms with van der Waals surface area (Å²) in [6.07, 6.45) is 2.16. The van der Waals surface area contributed by atoms with Gasteiger partial charge in [0.15, 0.2) is 5.82 Å². The van der Waals surface area contributed by atoms with Gasteiger partial charge in [-0.15, -0.1) is 6.58 Å². The standard InChI is InChI=1S/C11H11FN2O4/c1-2-3-4-13-9-5-7(11(15)16)10(14(17)18)6-8(9)12/h2,5-6,13H,1,3-4H2,(H,15,16). The summed E-state index contributed by atoms with van der Waals surface area (Å²) in [5.41, 5.74) is -1.41. The van der Waals surface area contributed by atoms with E-state index in [1.165, 1.54) is 0 Å². The van der Waals surface area contributed by atoms with Crippen molar-refractivity contribution in [3.8, 4) is 0 Å². The number of benzene rings is 1. The third kappa shape index (κ3) is 3.03. The second kappa shape index (κ2) is 5.76. The Morgan fingerprint density at radius 3 is 2.78 bits per heavy atom. The van der Waals surface area contributed by atoms with Crippen molar-refractivity contribution in [3.05, 3.63) is 46.3 Å². The van der Waals surface area contributed by atoms with Crippen LogP contribution in [0.5, 0.6) is 0 Å². The molecule has 96 valence electrons. The van der Waals surface area contributed by atoms with Crippen LogP contribution < -0.4 is 5.32 Å². The fraction of sp³-hybridized carbons (Fsp3) is 0.182. The molecular weight excluding hydrogens is 243 g/mol. The van der Waals surface area contributed by atoms with E-state index in [1.54, 1.807) is 6.08 Å². The number of nitrogens with zero attached hydrogens (tertiary/aromatic N) is 1. The van der Waals surface area contributed by atoms with Crippen LogP contribution in [0.4, 0.5) is 15.8 Å². The van der Waals surface area contributed by atoms with Crippen LogP contribution in [-0.4, -0.2) is 22.5 Å². The number of hydrogen-bond donors (Lipinski definition) is 2. The third-order valence-electron chi connectivity index (χ3n) is 2.18. The number of anilines is 1. The van der Waals surface area contributed by atoms with E-state index in [0.29, 0.717) is 19.0 Å². The second-order valence-electron chi connectivity index (χ2n) is 3.42. The lowest BCUT2D eigenvalue weighted by molar-refractivity contribution is -0.385. The fourth-order valence-electron chi connectivity index (χ4n) is 1.33. The molecule has 0 aliphatic carbocycles. The van der Waals surface area contributed by atoms with E-state index in [-0.39, 0.29) is 5.69 Å². The maximum atomic E-state index is 13.5. The average Bonchev–Trinajstić information content (AvgIpc) is 2.30. The molecule has 7 heteroatoms. The average molecular weight is 254 g/mol. The molecule has 0 spiro atoms. The summed E-state index contributed by atoms with van der Waals surface area (Å²) < 4.78 is 13.5. The van der Waals surface area contributed by atoms with Gasteiger partial charge in [-0.05, 0) is 12.5 Å². The largest absolute Gasteiger partial charge is 0.477 e.